The van der Waals surface area contributed by atoms with Crippen LogP contribution in [0, 0.1) is 11.3 Å². The molecule has 2 N–H and O–H groups in total. The molecule has 0 aromatic heterocycles. The fourth-order valence-corrected chi connectivity index (χ4v) is 3.47. The number of piperidine rings is 1. The molecule has 0 aliphatic carbocycles. The van der Waals surface area contributed by atoms with Crippen molar-refractivity contribution in [2.75, 3.05) is 25.4 Å². The molecule has 4 nitrogen and oxygen atoms in total. The van der Waals surface area contributed by atoms with E-state index < -0.39 is 10.0 Å². The Hall–Kier alpha value is -0.130. The Morgan fingerprint density at radius 2 is 1.81 bits per heavy atom. The zero-order valence-electron chi connectivity index (χ0n) is 10.5. The molecule has 1 aliphatic heterocycles. The Morgan fingerprint density at radius 3 is 2.31 bits per heavy atom. The van der Waals surface area contributed by atoms with E-state index in [1.165, 1.54) is 0 Å². The summed E-state index contributed by atoms with van der Waals surface area (Å²) in [5.74, 6) is 0.601. The minimum Gasteiger partial charge on any atom is -0.317 e. The molecular weight excluding hydrogens is 224 g/mol. The molecule has 0 aromatic rings. The third kappa shape index (κ3) is 5.82. The summed E-state index contributed by atoms with van der Waals surface area (Å²) in [7, 11) is -3.09. The van der Waals surface area contributed by atoms with Gasteiger partial charge in [0, 0.05) is 6.54 Å². The van der Waals surface area contributed by atoms with E-state index in [9.17, 15) is 8.42 Å². The second-order valence-electron chi connectivity index (χ2n) is 5.86. The third-order valence-electron chi connectivity index (χ3n) is 2.74. The van der Waals surface area contributed by atoms with E-state index in [2.05, 4.69) is 10.0 Å². The van der Waals surface area contributed by atoms with Gasteiger partial charge in [0.25, 0.3) is 0 Å². The van der Waals surface area contributed by atoms with Crippen molar-refractivity contribution in [3.63, 3.8) is 0 Å². The average molecular weight is 248 g/mol. The molecule has 0 saturated carbocycles. The molecule has 1 aliphatic rings. The minimum absolute atomic E-state index is 0.00118. The number of rotatable bonds is 4. The molecule has 5 heteroatoms. The molecule has 1 rings (SSSR count). The van der Waals surface area contributed by atoms with Gasteiger partial charge in [-0.05, 0) is 37.3 Å². The van der Waals surface area contributed by atoms with Crippen LogP contribution in [0.25, 0.3) is 0 Å². The van der Waals surface area contributed by atoms with E-state index in [4.69, 9.17) is 0 Å². The van der Waals surface area contributed by atoms with Crippen LogP contribution in [0.4, 0.5) is 0 Å². The highest BCUT2D eigenvalue weighted by atomic mass is 32.2. The fourth-order valence-electron chi connectivity index (χ4n) is 1.74. The van der Waals surface area contributed by atoms with Crippen LogP contribution in [0.5, 0.6) is 0 Å². The summed E-state index contributed by atoms with van der Waals surface area (Å²) in [5, 5.41) is 3.24. The topological polar surface area (TPSA) is 58.2 Å². The maximum atomic E-state index is 11.8. The van der Waals surface area contributed by atoms with Crippen LogP contribution in [-0.2, 0) is 10.0 Å². The summed E-state index contributed by atoms with van der Waals surface area (Å²) in [5.41, 5.74) is 0.00118. The number of nitrogens with one attached hydrogen (secondary N) is 2. The highest BCUT2D eigenvalue weighted by Crippen LogP contribution is 2.15. The first-order chi connectivity index (χ1) is 7.29. The van der Waals surface area contributed by atoms with E-state index in [0.29, 0.717) is 12.5 Å². The summed E-state index contributed by atoms with van der Waals surface area (Å²) in [6, 6.07) is 0. The van der Waals surface area contributed by atoms with Crippen LogP contribution >= 0.6 is 0 Å². The molecule has 0 bridgehead atoms. The van der Waals surface area contributed by atoms with E-state index in [-0.39, 0.29) is 11.2 Å². The van der Waals surface area contributed by atoms with Crippen LogP contribution in [-0.4, -0.2) is 33.8 Å². The average Bonchev–Trinajstić information content (AvgIpc) is 2.15. The van der Waals surface area contributed by atoms with Gasteiger partial charge in [-0.25, -0.2) is 13.1 Å². The highest BCUT2D eigenvalue weighted by molar-refractivity contribution is 7.89. The highest BCUT2D eigenvalue weighted by Gasteiger charge is 2.22. The van der Waals surface area contributed by atoms with Crippen LogP contribution in [0.15, 0.2) is 0 Å². The lowest BCUT2D eigenvalue weighted by molar-refractivity contribution is 0.390. The summed E-state index contributed by atoms with van der Waals surface area (Å²) < 4.78 is 26.3. The Morgan fingerprint density at radius 1 is 1.25 bits per heavy atom. The van der Waals surface area contributed by atoms with Gasteiger partial charge >= 0.3 is 0 Å². The number of hydrogen-bond acceptors (Lipinski definition) is 3. The first kappa shape index (κ1) is 13.9. The number of hydrogen-bond donors (Lipinski definition) is 2. The van der Waals surface area contributed by atoms with Crippen LogP contribution < -0.4 is 10.0 Å². The van der Waals surface area contributed by atoms with E-state index in [1.54, 1.807) is 0 Å². The predicted octanol–water partition coefficient (Wildman–Crippen LogP) is 0.952. The van der Waals surface area contributed by atoms with Crippen molar-refractivity contribution in [3.05, 3.63) is 0 Å². The van der Waals surface area contributed by atoms with Gasteiger partial charge in [-0.3, -0.25) is 0 Å². The first-order valence-electron chi connectivity index (χ1n) is 5.97. The summed E-state index contributed by atoms with van der Waals surface area (Å²) in [6.45, 7) is 8.49. The van der Waals surface area contributed by atoms with Crippen LogP contribution in [0.1, 0.15) is 33.6 Å². The lowest BCUT2D eigenvalue weighted by Gasteiger charge is -2.24. The van der Waals surface area contributed by atoms with Crippen LogP contribution in [0.2, 0.25) is 0 Å². The van der Waals surface area contributed by atoms with E-state index >= 15 is 0 Å². The van der Waals surface area contributed by atoms with Crippen molar-refractivity contribution in [1.29, 1.82) is 0 Å². The molecule has 1 heterocycles. The lowest BCUT2D eigenvalue weighted by Crippen LogP contribution is -2.38. The zero-order valence-corrected chi connectivity index (χ0v) is 11.4. The molecule has 0 unspecified atom stereocenters. The first-order valence-corrected chi connectivity index (χ1v) is 7.62. The molecule has 0 aromatic carbocycles. The van der Waals surface area contributed by atoms with Crippen LogP contribution in [0.3, 0.4) is 0 Å². The third-order valence-corrected chi connectivity index (χ3v) is 4.23. The van der Waals surface area contributed by atoms with Crippen molar-refractivity contribution in [1.82, 2.24) is 10.0 Å². The van der Waals surface area contributed by atoms with Crippen molar-refractivity contribution >= 4 is 10.0 Å². The zero-order chi connectivity index (χ0) is 12.2. The molecule has 0 radical (unpaired) electrons. The molecule has 0 amide bonds. The Bertz CT molecular complexity index is 300. The second kappa shape index (κ2) is 5.47. The SMILES string of the molecule is CC(C)(C)CNS(=O)(=O)CC1CCNCC1. The van der Waals surface area contributed by atoms with Crippen molar-refractivity contribution in [3.8, 4) is 0 Å². The lowest BCUT2D eigenvalue weighted by atomic mass is 9.98. The number of sulfonamides is 1. The summed E-state index contributed by atoms with van der Waals surface area (Å²) >= 11 is 0. The van der Waals surface area contributed by atoms with Crippen molar-refractivity contribution in [2.24, 2.45) is 11.3 Å². The standard InChI is InChI=1S/C11H24N2O2S/c1-11(2,3)9-13-16(14,15)8-10-4-6-12-7-5-10/h10,12-13H,4-9H2,1-3H3. The molecule has 1 fully saturated rings. The largest absolute Gasteiger partial charge is 0.317 e. The minimum atomic E-state index is -3.09. The Balaban J connectivity index is 2.38. The monoisotopic (exact) mass is 248 g/mol. The van der Waals surface area contributed by atoms with Gasteiger partial charge in [0.05, 0.1) is 5.75 Å². The van der Waals surface area contributed by atoms with Crippen molar-refractivity contribution in [2.45, 2.75) is 33.6 Å². The predicted molar refractivity (Wildman–Crippen MR) is 66.8 cm³/mol. The molecule has 0 spiro atoms. The Kier molecular flexibility index (Phi) is 4.76. The summed E-state index contributed by atoms with van der Waals surface area (Å²) in [6.07, 6.45) is 1.94. The quantitative estimate of drug-likeness (QED) is 0.779. The van der Waals surface area contributed by atoms with Gasteiger partial charge in [0.2, 0.25) is 10.0 Å². The molecule has 0 atom stereocenters. The van der Waals surface area contributed by atoms with Gasteiger partial charge in [0.1, 0.15) is 0 Å². The molecule has 16 heavy (non-hydrogen) atoms. The van der Waals surface area contributed by atoms with E-state index in [0.717, 1.165) is 25.9 Å². The Labute approximate surface area is 99.2 Å². The maximum Gasteiger partial charge on any atom is 0.211 e. The van der Waals surface area contributed by atoms with Gasteiger partial charge in [0.15, 0.2) is 0 Å². The second-order valence-corrected chi connectivity index (χ2v) is 7.71. The smallest absolute Gasteiger partial charge is 0.211 e. The molecular formula is C11H24N2O2S. The molecule has 1 saturated heterocycles. The van der Waals surface area contributed by atoms with E-state index in [1.807, 2.05) is 20.8 Å². The normalized spacial score (nSPS) is 19.9. The maximum absolute atomic E-state index is 11.8. The van der Waals surface area contributed by atoms with Gasteiger partial charge in [-0.2, -0.15) is 0 Å². The molecule has 96 valence electrons. The fraction of sp³-hybridized carbons (Fsp3) is 1.00. The summed E-state index contributed by atoms with van der Waals surface area (Å²) in [4.78, 5) is 0. The van der Waals surface area contributed by atoms with Crippen molar-refractivity contribution < 1.29 is 8.42 Å². The van der Waals surface area contributed by atoms with Gasteiger partial charge < -0.3 is 5.32 Å². The van der Waals surface area contributed by atoms with Gasteiger partial charge in [-0.1, -0.05) is 20.8 Å². The van der Waals surface area contributed by atoms with Gasteiger partial charge in [-0.15, -0.1) is 0 Å².